The highest BCUT2D eigenvalue weighted by Gasteiger charge is 2.20. The van der Waals surface area contributed by atoms with Crippen LogP contribution in [0, 0.1) is 0 Å². The first kappa shape index (κ1) is 62.9. The zero-order valence-corrected chi connectivity index (χ0v) is 43.8. The molecule has 2 atom stereocenters. The van der Waals surface area contributed by atoms with Gasteiger partial charge in [0.05, 0.1) is 18.8 Å². The SMILES string of the molecule is CCCCCCCCCCC/C=C\C/C=C\CCCCCCCCCCCCCCCCCCCC(=O)NC(CO)C(O)CCCCCCCCCCCCCCCCCCCCC. The second kappa shape index (κ2) is 56.2. The average molecular weight is 901 g/mol. The zero-order chi connectivity index (χ0) is 46.3. The minimum absolute atomic E-state index is 0.0251. The lowest BCUT2D eigenvalue weighted by Crippen LogP contribution is -2.45. The number of rotatable bonds is 55. The lowest BCUT2D eigenvalue weighted by Gasteiger charge is -2.22. The van der Waals surface area contributed by atoms with Crippen LogP contribution in [0.4, 0.5) is 0 Å². The number of hydrogen-bond donors (Lipinski definition) is 3. The van der Waals surface area contributed by atoms with Gasteiger partial charge in [0.2, 0.25) is 5.91 Å². The Morgan fingerprint density at radius 2 is 0.641 bits per heavy atom. The van der Waals surface area contributed by atoms with E-state index in [4.69, 9.17) is 0 Å². The van der Waals surface area contributed by atoms with Crippen LogP contribution in [0.15, 0.2) is 24.3 Å². The van der Waals surface area contributed by atoms with Gasteiger partial charge < -0.3 is 15.5 Å². The Labute approximate surface area is 402 Å². The molecule has 3 N–H and O–H groups in total. The van der Waals surface area contributed by atoms with E-state index in [-0.39, 0.29) is 12.5 Å². The molecule has 0 bridgehead atoms. The van der Waals surface area contributed by atoms with Crippen molar-refractivity contribution in [2.24, 2.45) is 0 Å². The fraction of sp³-hybridized carbons (Fsp3) is 0.917. The summed E-state index contributed by atoms with van der Waals surface area (Å²) in [7, 11) is 0. The van der Waals surface area contributed by atoms with E-state index in [1.54, 1.807) is 0 Å². The molecule has 0 saturated carbocycles. The molecule has 0 saturated heterocycles. The van der Waals surface area contributed by atoms with Crippen LogP contribution in [0.5, 0.6) is 0 Å². The van der Waals surface area contributed by atoms with Crippen LogP contribution >= 0.6 is 0 Å². The standard InChI is InChI=1S/C60H117NO3/c1-3-5-7-9-11-13-15-17-19-21-23-24-25-26-27-28-29-30-31-32-33-34-35-36-38-40-42-44-46-48-50-52-54-56-60(64)61-58(57-62)59(63)55-53-51-49-47-45-43-41-39-37-22-20-18-16-14-12-10-8-6-4-2/h23-24,26-27,58-59,62-63H,3-22,25,28-57H2,1-2H3,(H,61,64)/b24-23-,27-26-. The second-order valence-electron chi connectivity index (χ2n) is 20.4. The Bertz CT molecular complexity index is 932. The number of amides is 1. The monoisotopic (exact) mass is 900 g/mol. The van der Waals surface area contributed by atoms with Gasteiger partial charge in [0.15, 0.2) is 0 Å². The maximum atomic E-state index is 12.5. The van der Waals surface area contributed by atoms with Gasteiger partial charge in [0, 0.05) is 6.42 Å². The van der Waals surface area contributed by atoms with Crippen molar-refractivity contribution in [2.45, 2.75) is 347 Å². The van der Waals surface area contributed by atoms with Crippen LogP contribution in [0.3, 0.4) is 0 Å². The first-order valence-electron chi connectivity index (χ1n) is 29.5. The maximum Gasteiger partial charge on any atom is 0.220 e. The van der Waals surface area contributed by atoms with E-state index in [1.807, 2.05) is 0 Å². The molecule has 64 heavy (non-hydrogen) atoms. The van der Waals surface area contributed by atoms with Gasteiger partial charge >= 0.3 is 0 Å². The molecule has 380 valence electrons. The third-order valence-corrected chi connectivity index (χ3v) is 14.0. The van der Waals surface area contributed by atoms with Crippen molar-refractivity contribution in [3.63, 3.8) is 0 Å². The highest BCUT2D eigenvalue weighted by molar-refractivity contribution is 5.76. The topological polar surface area (TPSA) is 69.6 Å². The number of nitrogens with one attached hydrogen (secondary N) is 1. The number of aliphatic hydroxyl groups is 2. The predicted molar refractivity (Wildman–Crippen MR) is 286 cm³/mol. The Morgan fingerprint density at radius 1 is 0.375 bits per heavy atom. The van der Waals surface area contributed by atoms with Crippen LogP contribution < -0.4 is 5.32 Å². The van der Waals surface area contributed by atoms with Crippen LogP contribution in [0.25, 0.3) is 0 Å². The Kier molecular flexibility index (Phi) is 55.2. The lowest BCUT2D eigenvalue weighted by molar-refractivity contribution is -0.123. The van der Waals surface area contributed by atoms with Crippen molar-refractivity contribution < 1.29 is 15.0 Å². The van der Waals surface area contributed by atoms with Gasteiger partial charge in [0.1, 0.15) is 0 Å². The number of carbonyl (C=O) groups excluding carboxylic acids is 1. The molecule has 0 aliphatic rings. The first-order valence-corrected chi connectivity index (χ1v) is 29.5. The molecule has 4 heteroatoms. The van der Waals surface area contributed by atoms with Crippen LogP contribution in [0.2, 0.25) is 0 Å². The Hall–Kier alpha value is -1.13. The van der Waals surface area contributed by atoms with E-state index < -0.39 is 12.1 Å². The molecule has 2 unspecified atom stereocenters. The molecule has 0 aromatic heterocycles. The molecule has 0 aromatic rings. The van der Waals surface area contributed by atoms with Gasteiger partial charge in [-0.15, -0.1) is 0 Å². The Balaban J connectivity index is 3.41. The van der Waals surface area contributed by atoms with E-state index in [1.165, 1.54) is 276 Å². The minimum atomic E-state index is -0.658. The molecule has 0 rings (SSSR count). The van der Waals surface area contributed by atoms with Gasteiger partial charge in [-0.3, -0.25) is 4.79 Å². The van der Waals surface area contributed by atoms with Gasteiger partial charge in [0.25, 0.3) is 0 Å². The number of allylic oxidation sites excluding steroid dienone is 4. The maximum absolute atomic E-state index is 12.5. The summed E-state index contributed by atoms with van der Waals surface area (Å²) in [4.78, 5) is 12.5. The molecule has 0 aliphatic carbocycles. The molecule has 0 aliphatic heterocycles. The molecule has 0 aromatic carbocycles. The van der Waals surface area contributed by atoms with Gasteiger partial charge in [-0.05, 0) is 44.9 Å². The summed E-state index contributed by atoms with van der Waals surface area (Å²) in [6.07, 6.45) is 74.7. The summed E-state index contributed by atoms with van der Waals surface area (Å²) in [6, 6.07) is -0.534. The van der Waals surface area contributed by atoms with E-state index in [2.05, 4.69) is 43.5 Å². The summed E-state index contributed by atoms with van der Waals surface area (Å²) >= 11 is 0. The van der Waals surface area contributed by atoms with Gasteiger partial charge in [-0.2, -0.15) is 0 Å². The fourth-order valence-electron chi connectivity index (χ4n) is 9.45. The summed E-state index contributed by atoms with van der Waals surface area (Å²) in [5.41, 5.74) is 0. The third kappa shape index (κ3) is 51.8. The highest BCUT2D eigenvalue weighted by Crippen LogP contribution is 2.18. The normalized spacial score (nSPS) is 12.9. The summed E-state index contributed by atoms with van der Waals surface area (Å²) in [6.45, 7) is 4.39. The molecule has 0 fully saturated rings. The molecular formula is C60H117NO3. The van der Waals surface area contributed by atoms with Crippen LogP contribution in [-0.2, 0) is 4.79 Å². The quantitative estimate of drug-likeness (QED) is 0.0421. The fourth-order valence-corrected chi connectivity index (χ4v) is 9.45. The van der Waals surface area contributed by atoms with Crippen LogP contribution in [0.1, 0.15) is 335 Å². The number of carbonyl (C=O) groups is 1. The molecule has 1 amide bonds. The Morgan fingerprint density at radius 3 is 0.938 bits per heavy atom. The van der Waals surface area contributed by atoms with Crippen molar-refractivity contribution in [3.8, 4) is 0 Å². The van der Waals surface area contributed by atoms with E-state index in [0.29, 0.717) is 12.8 Å². The first-order chi connectivity index (χ1) is 31.7. The lowest BCUT2D eigenvalue weighted by atomic mass is 10.0. The summed E-state index contributed by atoms with van der Waals surface area (Å²) in [5.74, 6) is -0.0251. The smallest absolute Gasteiger partial charge is 0.220 e. The largest absolute Gasteiger partial charge is 0.394 e. The van der Waals surface area contributed by atoms with Gasteiger partial charge in [-0.1, -0.05) is 308 Å². The predicted octanol–water partition coefficient (Wildman–Crippen LogP) is 19.5. The molecule has 0 radical (unpaired) electrons. The average Bonchev–Trinajstić information content (AvgIpc) is 3.30. The van der Waals surface area contributed by atoms with Gasteiger partial charge in [-0.25, -0.2) is 0 Å². The van der Waals surface area contributed by atoms with Crippen molar-refractivity contribution in [1.29, 1.82) is 0 Å². The number of hydrogen-bond acceptors (Lipinski definition) is 3. The second-order valence-corrected chi connectivity index (χ2v) is 20.4. The molecule has 0 spiro atoms. The number of aliphatic hydroxyl groups excluding tert-OH is 2. The van der Waals surface area contributed by atoms with E-state index in [0.717, 1.165) is 32.1 Å². The van der Waals surface area contributed by atoms with Crippen molar-refractivity contribution in [3.05, 3.63) is 24.3 Å². The van der Waals surface area contributed by atoms with Crippen molar-refractivity contribution in [2.75, 3.05) is 6.61 Å². The van der Waals surface area contributed by atoms with Crippen molar-refractivity contribution >= 4 is 5.91 Å². The molecular weight excluding hydrogens is 783 g/mol. The van der Waals surface area contributed by atoms with Crippen LogP contribution in [-0.4, -0.2) is 34.9 Å². The highest BCUT2D eigenvalue weighted by atomic mass is 16.3. The van der Waals surface area contributed by atoms with E-state index in [9.17, 15) is 15.0 Å². The molecule has 0 heterocycles. The van der Waals surface area contributed by atoms with Crippen molar-refractivity contribution in [1.82, 2.24) is 5.32 Å². The third-order valence-electron chi connectivity index (χ3n) is 14.0. The minimum Gasteiger partial charge on any atom is -0.394 e. The zero-order valence-electron chi connectivity index (χ0n) is 43.8. The summed E-state index contributed by atoms with van der Waals surface area (Å²) < 4.78 is 0. The number of unbranched alkanes of at least 4 members (excludes halogenated alkanes) is 44. The van der Waals surface area contributed by atoms with E-state index >= 15 is 0 Å². The molecule has 4 nitrogen and oxygen atoms in total. The summed E-state index contributed by atoms with van der Waals surface area (Å²) in [5, 5.41) is 23.3.